The van der Waals surface area contributed by atoms with Gasteiger partial charge in [0.1, 0.15) is 0 Å². The lowest BCUT2D eigenvalue weighted by atomic mass is 9.91. The van der Waals surface area contributed by atoms with Crippen molar-refractivity contribution in [1.82, 2.24) is 9.88 Å². The summed E-state index contributed by atoms with van der Waals surface area (Å²) in [5.74, 6) is -1.52. The van der Waals surface area contributed by atoms with Crippen LogP contribution in [-0.2, 0) is 16.1 Å². The molecule has 0 saturated carbocycles. The molecule has 1 aliphatic rings. The maximum Gasteiger partial charge on any atom is 0.290 e. The first-order valence-electron chi connectivity index (χ1n) is 9.25. The maximum absolute atomic E-state index is 12.8. The van der Waals surface area contributed by atoms with Gasteiger partial charge in [-0.3, -0.25) is 14.6 Å². The summed E-state index contributed by atoms with van der Waals surface area (Å²) in [5, 5.41) is 10.5. The van der Waals surface area contributed by atoms with Gasteiger partial charge >= 0.3 is 0 Å². The summed E-state index contributed by atoms with van der Waals surface area (Å²) in [4.78, 5) is 33.2. The van der Waals surface area contributed by atoms with Crippen molar-refractivity contribution in [3.05, 3.63) is 71.3 Å². The highest BCUT2D eigenvalue weighted by Crippen LogP contribution is 2.40. The molecule has 146 valence electrons. The van der Waals surface area contributed by atoms with Crippen LogP contribution in [0, 0.1) is 5.92 Å². The minimum atomic E-state index is -0.619. The molecule has 2 aromatic rings. The van der Waals surface area contributed by atoms with E-state index in [9.17, 15) is 14.7 Å². The molecule has 0 saturated heterocycles. The normalized spacial score (nSPS) is 16.8. The fraction of sp³-hybridized carbons (Fsp3) is 0.318. The minimum Gasteiger partial charge on any atom is -0.503 e. The van der Waals surface area contributed by atoms with E-state index in [1.807, 2.05) is 55.4 Å². The minimum absolute atomic E-state index is 0.173. The van der Waals surface area contributed by atoms with E-state index in [0.29, 0.717) is 0 Å². The Bertz CT molecular complexity index is 902. The SMILES string of the molecule is CC(C)C(=O)C1=C(O)C(=O)N(Cc2ccncc2)C1c1ccc(N(C)C)cc1. The van der Waals surface area contributed by atoms with E-state index in [1.165, 1.54) is 0 Å². The van der Waals surface area contributed by atoms with Gasteiger partial charge in [0.25, 0.3) is 5.91 Å². The molecule has 0 bridgehead atoms. The topological polar surface area (TPSA) is 73.7 Å². The number of aliphatic hydroxyl groups excluding tert-OH is 1. The highest BCUT2D eigenvalue weighted by Gasteiger charge is 2.43. The second-order valence-corrected chi connectivity index (χ2v) is 7.46. The quantitative estimate of drug-likeness (QED) is 0.834. The van der Waals surface area contributed by atoms with Crippen LogP contribution in [0.1, 0.15) is 31.0 Å². The molecule has 0 spiro atoms. The van der Waals surface area contributed by atoms with Crippen molar-refractivity contribution in [1.29, 1.82) is 0 Å². The summed E-state index contributed by atoms with van der Waals surface area (Å²) in [6, 6.07) is 10.7. The van der Waals surface area contributed by atoms with Crippen molar-refractivity contribution < 1.29 is 14.7 Å². The Morgan fingerprint density at radius 2 is 1.75 bits per heavy atom. The monoisotopic (exact) mass is 379 g/mol. The van der Waals surface area contributed by atoms with Crippen LogP contribution in [0.3, 0.4) is 0 Å². The molecule has 1 unspecified atom stereocenters. The van der Waals surface area contributed by atoms with Crippen molar-refractivity contribution in [2.24, 2.45) is 5.92 Å². The molecule has 0 fully saturated rings. The Hall–Kier alpha value is -3.15. The zero-order valence-corrected chi connectivity index (χ0v) is 16.6. The van der Waals surface area contributed by atoms with Crippen LogP contribution in [0.2, 0.25) is 0 Å². The van der Waals surface area contributed by atoms with Crippen LogP contribution in [0.25, 0.3) is 0 Å². The van der Waals surface area contributed by atoms with E-state index in [2.05, 4.69) is 4.98 Å². The van der Waals surface area contributed by atoms with Gasteiger partial charge in [0, 0.05) is 44.6 Å². The fourth-order valence-corrected chi connectivity index (χ4v) is 3.37. The lowest BCUT2D eigenvalue weighted by Crippen LogP contribution is -2.31. The van der Waals surface area contributed by atoms with Gasteiger partial charge < -0.3 is 14.9 Å². The van der Waals surface area contributed by atoms with Crippen molar-refractivity contribution in [3.63, 3.8) is 0 Å². The van der Waals surface area contributed by atoms with Gasteiger partial charge in [0.05, 0.1) is 11.6 Å². The first-order chi connectivity index (χ1) is 13.3. The predicted octanol–water partition coefficient (Wildman–Crippen LogP) is 3.27. The zero-order chi connectivity index (χ0) is 20.4. The third-order valence-corrected chi connectivity index (χ3v) is 4.92. The average molecular weight is 379 g/mol. The number of nitrogens with zero attached hydrogens (tertiary/aromatic N) is 3. The van der Waals surface area contributed by atoms with Gasteiger partial charge in [-0.05, 0) is 35.4 Å². The van der Waals surface area contributed by atoms with Crippen LogP contribution in [-0.4, -0.2) is 40.8 Å². The van der Waals surface area contributed by atoms with E-state index in [1.54, 1.807) is 31.1 Å². The first-order valence-corrected chi connectivity index (χ1v) is 9.25. The van der Waals surface area contributed by atoms with Gasteiger partial charge in [0.2, 0.25) is 0 Å². The number of carbonyl (C=O) groups excluding carboxylic acids is 2. The van der Waals surface area contributed by atoms with Crippen LogP contribution >= 0.6 is 0 Å². The molecular weight excluding hydrogens is 354 g/mol. The summed E-state index contributed by atoms with van der Waals surface area (Å²) in [5.41, 5.74) is 2.86. The Kier molecular flexibility index (Phi) is 5.49. The Morgan fingerprint density at radius 1 is 1.14 bits per heavy atom. The molecule has 3 rings (SSSR count). The van der Waals surface area contributed by atoms with Gasteiger partial charge in [-0.25, -0.2) is 0 Å². The molecule has 1 amide bonds. The van der Waals surface area contributed by atoms with Crippen LogP contribution in [0.4, 0.5) is 5.69 Å². The number of carbonyl (C=O) groups is 2. The number of Topliss-reactive ketones (excluding diaryl/α,β-unsaturated/α-hetero) is 1. The van der Waals surface area contributed by atoms with Crippen molar-refractivity contribution in [3.8, 4) is 0 Å². The Balaban J connectivity index is 2.06. The molecule has 2 heterocycles. The second-order valence-electron chi connectivity index (χ2n) is 7.46. The molecule has 6 nitrogen and oxygen atoms in total. The van der Waals surface area contributed by atoms with E-state index < -0.39 is 17.7 Å². The number of hydrogen-bond donors (Lipinski definition) is 1. The smallest absolute Gasteiger partial charge is 0.290 e. The molecule has 0 radical (unpaired) electrons. The number of anilines is 1. The number of ketones is 1. The van der Waals surface area contributed by atoms with Crippen molar-refractivity contribution in [2.75, 3.05) is 19.0 Å². The average Bonchev–Trinajstić information content (AvgIpc) is 2.93. The number of rotatable bonds is 6. The number of benzene rings is 1. The van der Waals surface area contributed by atoms with Gasteiger partial charge in [-0.15, -0.1) is 0 Å². The standard InChI is InChI=1S/C22H25N3O3/c1-14(2)20(26)18-19(16-5-7-17(8-6-16)24(3)4)25(22(28)21(18)27)13-15-9-11-23-12-10-15/h5-12,14,19,27H,13H2,1-4H3. The number of amides is 1. The van der Waals surface area contributed by atoms with Gasteiger partial charge in [-0.1, -0.05) is 26.0 Å². The van der Waals surface area contributed by atoms with Crippen LogP contribution < -0.4 is 4.90 Å². The van der Waals surface area contributed by atoms with E-state index >= 15 is 0 Å². The first kappa shape index (κ1) is 19.6. The van der Waals surface area contributed by atoms with Crippen molar-refractivity contribution in [2.45, 2.75) is 26.4 Å². The highest BCUT2D eigenvalue weighted by molar-refractivity contribution is 6.09. The molecule has 6 heteroatoms. The summed E-state index contributed by atoms with van der Waals surface area (Å²) in [7, 11) is 3.90. The lowest BCUT2D eigenvalue weighted by Gasteiger charge is -2.27. The third-order valence-electron chi connectivity index (χ3n) is 4.92. The largest absolute Gasteiger partial charge is 0.503 e. The summed E-state index contributed by atoms with van der Waals surface area (Å²) in [6.07, 6.45) is 3.31. The Morgan fingerprint density at radius 3 is 2.29 bits per heavy atom. The molecular formula is C22H25N3O3. The molecule has 0 aliphatic carbocycles. The highest BCUT2D eigenvalue weighted by atomic mass is 16.3. The second kappa shape index (κ2) is 7.84. The van der Waals surface area contributed by atoms with E-state index in [-0.39, 0.29) is 23.8 Å². The molecule has 1 aromatic heterocycles. The van der Waals surface area contributed by atoms with Gasteiger partial charge in [-0.2, -0.15) is 0 Å². The van der Waals surface area contributed by atoms with Crippen molar-refractivity contribution >= 4 is 17.4 Å². The maximum atomic E-state index is 12.8. The van der Waals surface area contributed by atoms with Gasteiger partial charge in [0.15, 0.2) is 11.5 Å². The summed E-state index contributed by atoms with van der Waals surface area (Å²) >= 11 is 0. The number of aliphatic hydroxyl groups is 1. The summed E-state index contributed by atoms with van der Waals surface area (Å²) < 4.78 is 0. The molecule has 1 aliphatic heterocycles. The van der Waals surface area contributed by atoms with E-state index in [0.717, 1.165) is 16.8 Å². The number of aromatic nitrogens is 1. The molecule has 28 heavy (non-hydrogen) atoms. The zero-order valence-electron chi connectivity index (χ0n) is 16.6. The number of hydrogen-bond acceptors (Lipinski definition) is 5. The molecule has 1 atom stereocenters. The van der Waals surface area contributed by atoms with Crippen LogP contribution in [0.5, 0.6) is 0 Å². The lowest BCUT2D eigenvalue weighted by molar-refractivity contribution is -0.130. The fourth-order valence-electron chi connectivity index (χ4n) is 3.37. The van der Waals surface area contributed by atoms with E-state index in [4.69, 9.17) is 0 Å². The van der Waals surface area contributed by atoms with Crippen LogP contribution in [0.15, 0.2) is 60.1 Å². The summed E-state index contributed by atoms with van der Waals surface area (Å²) in [6.45, 7) is 3.82. The molecule has 1 N–H and O–H groups in total. The predicted molar refractivity (Wildman–Crippen MR) is 108 cm³/mol. The Labute approximate surface area is 165 Å². The third kappa shape index (κ3) is 3.63. The molecule has 1 aromatic carbocycles. The number of pyridine rings is 1.